The first kappa shape index (κ1) is 14.7. The van der Waals surface area contributed by atoms with E-state index in [-0.39, 0.29) is 0 Å². The lowest BCUT2D eigenvalue weighted by atomic mass is 10.2. The van der Waals surface area contributed by atoms with Gasteiger partial charge < -0.3 is 5.32 Å². The highest BCUT2D eigenvalue weighted by atomic mass is 15.2. The van der Waals surface area contributed by atoms with Crippen LogP contribution in [0.3, 0.4) is 0 Å². The standard InChI is InChI=1S/C13H28N2/c1-11(2)7-8-14-9-10-15(12(3)4)13(5)6/h12-14H,1,7-10H2,2-6H3. The first-order valence-corrected chi connectivity index (χ1v) is 6.06. The fraction of sp³-hybridized carbons (Fsp3) is 0.846. The van der Waals surface area contributed by atoms with Crippen LogP contribution in [0.25, 0.3) is 0 Å². The van der Waals surface area contributed by atoms with Gasteiger partial charge in [0.15, 0.2) is 0 Å². The van der Waals surface area contributed by atoms with Crippen molar-refractivity contribution in [2.45, 2.75) is 53.1 Å². The summed E-state index contributed by atoms with van der Waals surface area (Å²) in [6, 6.07) is 1.26. The summed E-state index contributed by atoms with van der Waals surface area (Å²) in [5, 5.41) is 3.45. The quantitative estimate of drug-likeness (QED) is 0.491. The summed E-state index contributed by atoms with van der Waals surface area (Å²) in [7, 11) is 0. The molecule has 90 valence electrons. The van der Waals surface area contributed by atoms with Gasteiger partial charge >= 0.3 is 0 Å². The average Bonchev–Trinajstić information content (AvgIpc) is 2.08. The minimum atomic E-state index is 0.632. The Hall–Kier alpha value is -0.340. The van der Waals surface area contributed by atoms with E-state index in [0.717, 1.165) is 26.1 Å². The molecule has 0 spiro atoms. The Morgan fingerprint density at radius 1 is 1.13 bits per heavy atom. The van der Waals surface area contributed by atoms with Crippen LogP contribution in [-0.4, -0.2) is 36.6 Å². The Morgan fingerprint density at radius 2 is 1.67 bits per heavy atom. The molecule has 0 bridgehead atoms. The maximum atomic E-state index is 3.89. The van der Waals surface area contributed by atoms with Crippen molar-refractivity contribution in [1.29, 1.82) is 0 Å². The zero-order valence-electron chi connectivity index (χ0n) is 11.1. The summed E-state index contributed by atoms with van der Waals surface area (Å²) in [5.41, 5.74) is 1.26. The van der Waals surface area contributed by atoms with E-state index in [4.69, 9.17) is 0 Å². The molecule has 0 aliphatic carbocycles. The van der Waals surface area contributed by atoms with Crippen LogP contribution in [0.4, 0.5) is 0 Å². The molecule has 0 atom stereocenters. The van der Waals surface area contributed by atoms with Gasteiger partial charge in [0, 0.05) is 25.2 Å². The minimum Gasteiger partial charge on any atom is -0.315 e. The highest BCUT2D eigenvalue weighted by Gasteiger charge is 2.11. The molecule has 0 saturated heterocycles. The van der Waals surface area contributed by atoms with Crippen LogP contribution >= 0.6 is 0 Å². The molecule has 0 aliphatic rings. The fourth-order valence-electron chi connectivity index (χ4n) is 1.75. The van der Waals surface area contributed by atoms with Crippen LogP contribution in [0.2, 0.25) is 0 Å². The van der Waals surface area contributed by atoms with Gasteiger partial charge in [-0.1, -0.05) is 5.57 Å². The van der Waals surface area contributed by atoms with Crippen molar-refractivity contribution in [3.05, 3.63) is 12.2 Å². The molecular formula is C13H28N2. The Bertz CT molecular complexity index is 165. The van der Waals surface area contributed by atoms with E-state index in [9.17, 15) is 0 Å². The molecular weight excluding hydrogens is 184 g/mol. The van der Waals surface area contributed by atoms with Crippen LogP contribution in [0.15, 0.2) is 12.2 Å². The molecule has 0 aromatic rings. The molecule has 0 fully saturated rings. The van der Waals surface area contributed by atoms with Crippen molar-refractivity contribution in [1.82, 2.24) is 10.2 Å². The second-order valence-corrected chi connectivity index (χ2v) is 4.88. The molecule has 0 unspecified atom stereocenters. The van der Waals surface area contributed by atoms with E-state index in [0.29, 0.717) is 12.1 Å². The number of hydrogen-bond acceptors (Lipinski definition) is 2. The highest BCUT2D eigenvalue weighted by Crippen LogP contribution is 2.03. The summed E-state index contributed by atoms with van der Waals surface area (Å²) in [6.07, 6.45) is 1.09. The van der Waals surface area contributed by atoms with Gasteiger partial charge in [-0.05, 0) is 47.6 Å². The predicted octanol–water partition coefficient (Wildman–Crippen LogP) is 2.66. The van der Waals surface area contributed by atoms with Crippen molar-refractivity contribution in [3.63, 3.8) is 0 Å². The van der Waals surface area contributed by atoms with E-state index < -0.39 is 0 Å². The average molecular weight is 212 g/mol. The van der Waals surface area contributed by atoms with Crippen molar-refractivity contribution in [2.75, 3.05) is 19.6 Å². The minimum absolute atomic E-state index is 0.632. The molecule has 1 N–H and O–H groups in total. The van der Waals surface area contributed by atoms with E-state index in [1.165, 1.54) is 5.57 Å². The molecule has 2 heteroatoms. The lowest BCUT2D eigenvalue weighted by molar-refractivity contribution is 0.176. The van der Waals surface area contributed by atoms with E-state index >= 15 is 0 Å². The zero-order valence-corrected chi connectivity index (χ0v) is 11.1. The van der Waals surface area contributed by atoms with E-state index in [1.807, 2.05) is 0 Å². The van der Waals surface area contributed by atoms with Crippen LogP contribution in [0.1, 0.15) is 41.0 Å². The number of nitrogens with zero attached hydrogens (tertiary/aromatic N) is 1. The molecule has 0 aliphatic heterocycles. The molecule has 0 rings (SSSR count). The Labute approximate surface area is 95.7 Å². The molecule has 0 heterocycles. The third-order valence-corrected chi connectivity index (χ3v) is 2.60. The molecule has 0 aromatic carbocycles. The van der Waals surface area contributed by atoms with Crippen molar-refractivity contribution in [3.8, 4) is 0 Å². The van der Waals surface area contributed by atoms with Gasteiger partial charge in [0.1, 0.15) is 0 Å². The Morgan fingerprint density at radius 3 is 2.07 bits per heavy atom. The Balaban J connectivity index is 3.59. The first-order chi connectivity index (χ1) is 6.95. The van der Waals surface area contributed by atoms with Gasteiger partial charge in [-0.25, -0.2) is 0 Å². The number of rotatable bonds is 8. The van der Waals surface area contributed by atoms with Gasteiger partial charge in [-0.3, -0.25) is 4.90 Å². The van der Waals surface area contributed by atoms with Gasteiger partial charge in [-0.2, -0.15) is 0 Å². The lowest BCUT2D eigenvalue weighted by Crippen LogP contribution is -2.41. The molecule has 0 saturated carbocycles. The summed E-state index contributed by atoms with van der Waals surface area (Å²) < 4.78 is 0. The summed E-state index contributed by atoms with van der Waals surface area (Å²) in [5.74, 6) is 0. The Kier molecular flexibility index (Phi) is 7.71. The summed E-state index contributed by atoms with van der Waals surface area (Å²) >= 11 is 0. The molecule has 0 amide bonds. The van der Waals surface area contributed by atoms with Crippen LogP contribution in [0.5, 0.6) is 0 Å². The molecule has 15 heavy (non-hydrogen) atoms. The topological polar surface area (TPSA) is 15.3 Å². The third kappa shape index (κ3) is 7.57. The summed E-state index contributed by atoms with van der Waals surface area (Å²) in [4.78, 5) is 2.51. The number of nitrogens with one attached hydrogen (secondary N) is 1. The van der Waals surface area contributed by atoms with E-state index in [1.54, 1.807) is 0 Å². The van der Waals surface area contributed by atoms with Crippen molar-refractivity contribution < 1.29 is 0 Å². The van der Waals surface area contributed by atoms with Gasteiger partial charge in [0.25, 0.3) is 0 Å². The van der Waals surface area contributed by atoms with Gasteiger partial charge in [0.05, 0.1) is 0 Å². The maximum absolute atomic E-state index is 3.89. The first-order valence-electron chi connectivity index (χ1n) is 6.06. The SMILES string of the molecule is C=C(C)CCNCCN(C(C)C)C(C)C. The van der Waals surface area contributed by atoms with E-state index in [2.05, 4.69) is 51.4 Å². The lowest BCUT2D eigenvalue weighted by Gasteiger charge is -2.30. The second-order valence-electron chi connectivity index (χ2n) is 4.88. The fourth-order valence-corrected chi connectivity index (χ4v) is 1.75. The maximum Gasteiger partial charge on any atom is 0.0112 e. The summed E-state index contributed by atoms with van der Waals surface area (Å²) in [6.45, 7) is 18.3. The second kappa shape index (κ2) is 7.89. The molecule has 2 nitrogen and oxygen atoms in total. The van der Waals surface area contributed by atoms with Crippen LogP contribution in [0, 0.1) is 0 Å². The van der Waals surface area contributed by atoms with Crippen molar-refractivity contribution >= 4 is 0 Å². The zero-order chi connectivity index (χ0) is 11.8. The third-order valence-electron chi connectivity index (χ3n) is 2.60. The van der Waals surface area contributed by atoms with Gasteiger partial charge in [-0.15, -0.1) is 6.58 Å². The van der Waals surface area contributed by atoms with Crippen LogP contribution in [-0.2, 0) is 0 Å². The molecule has 0 aromatic heterocycles. The normalized spacial score (nSPS) is 11.7. The molecule has 0 radical (unpaired) electrons. The monoisotopic (exact) mass is 212 g/mol. The predicted molar refractivity (Wildman–Crippen MR) is 69.3 cm³/mol. The smallest absolute Gasteiger partial charge is 0.0112 e. The number of hydrogen-bond donors (Lipinski definition) is 1. The highest BCUT2D eigenvalue weighted by molar-refractivity contribution is 4.88. The van der Waals surface area contributed by atoms with Crippen molar-refractivity contribution in [2.24, 2.45) is 0 Å². The van der Waals surface area contributed by atoms with Crippen LogP contribution < -0.4 is 5.32 Å². The largest absolute Gasteiger partial charge is 0.315 e. The van der Waals surface area contributed by atoms with Gasteiger partial charge in [0.2, 0.25) is 0 Å².